The average molecular weight is 224 g/mol. The number of hydrogen-bond donors (Lipinski definition) is 2. The summed E-state index contributed by atoms with van der Waals surface area (Å²) in [6.07, 6.45) is -3.30. The lowest BCUT2D eigenvalue weighted by molar-refractivity contribution is -0.337. The molecule has 0 heterocycles. The molecule has 0 unspecified atom stereocenters. The molecule has 0 saturated carbocycles. The zero-order valence-corrected chi connectivity index (χ0v) is 9.09. The summed E-state index contributed by atoms with van der Waals surface area (Å²) in [5.41, 5.74) is 0. The molecule has 0 aliphatic rings. The molecular weight excluding hydrogens is 208 g/mol. The molecule has 7 nitrogen and oxygen atoms in total. The van der Waals surface area contributed by atoms with Crippen LogP contribution in [0.1, 0.15) is 27.7 Å². The fourth-order valence-corrected chi connectivity index (χ4v) is 0.297. The molecule has 0 aromatic heterocycles. The van der Waals surface area contributed by atoms with Gasteiger partial charge in [0.15, 0.2) is 0 Å². The fourth-order valence-electron chi connectivity index (χ4n) is 0.297. The maximum absolute atomic E-state index is 9.21. The van der Waals surface area contributed by atoms with Crippen LogP contribution in [0.3, 0.4) is 0 Å². The molecule has 90 valence electrons. The summed E-state index contributed by atoms with van der Waals surface area (Å²) in [5.74, 6) is 0. The maximum Gasteiger partial charge on any atom is 0.516 e. The minimum atomic E-state index is -1.81. The van der Waals surface area contributed by atoms with E-state index in [1.807, 2.05) is 27.7 Å². The Bertz CT molecular complexity index is 167. The van der Waals surface area contributed by atoms with Gasteiger partial charge in [-0.3, -0.25) is 0 Å². The molecule has 0 rings (SSSR count). The van der Waals surface area contributed by atoms with Crippen LogP contribution in [-0.2, 0) is 14.5 Å². The van der Waals surface area contributed by atoms with E-state index in [9.17, 15) is 9.59 Å². The molecular formula is C8H16O7. The van der Waals surface area contributed by atoms with Crippen molar-refractivity contribution in [1.82, 2.24) is 0 Å². The van der Waals surface area contributed by atoms with Gasteiger partial charge in [-0.05, 0) is 27.7 Å². The molecule has 0 aliphatic carbocycles. The highest BCUT2D eigenvalue weighted by molar-refractivity contribution is 5.74. The van der Waals surface area contributed by atoms with Crippen molar-refractivity contribution in [3.8, 4) is 0 Å². The Kier molecular flexibility index (Phi) is 9.90. The third-order valence-corrected chi connectivity index (χ3v) is 0.615. The number of carboxylic acid groups (broad SMARTS) is 2. The van der Waals surface area contributed by atoms with Crippen molar-refractivity contribution >= 4 is 12.3 Å². The smallest absolute Gasteiger partial charge is 0.449 e. The van der Waals surface area contributed by atoms with E-state index in [-0.39, 0.29) is 12.2 Å². The first-order chi connectivity index (χ1) is 6.75. The van der Waals surface area contributed by atoms with E-state index < -0.39 is 12.3 Å². The lowest BCUT2D eigenvalue weighted by Crippen LogP contribution is -2.08. The summed E-state index contributed by atoms with van der Waals surface area (Å²) in [7, 11) is 0. The van der Waals surface area contributed by atoms with Crippen LogP contribution in [0.5, 0.6) is 0 Å². The molecule has 7 heteroatoms. The van der Waals surface area contributed by atoms with Gasteiger partial charge in [0, 0.05) is 0 Å². The molecule has 0 aromatic carbocycles. The van der Waals surface area contributed by atoms with Gasteiger partial charge in [-0.1, -0.05) is 0 Å². The van der Waals surface area contributed by atoms with E-state index in [1.54, 1.807) is 0 Å². The lowest BCUT2D eigenvalue weighted by Gasteiger charge is -2.08. The highest BCUT2D eigenvalue weighted by Crippen LogP contribution is 1.93. The summed E-state index contributed by atoms with van der Waals surface area (Å²) in [6.45, 7) is 7.73. The lowest BCUT2D eigenvalue weighted by atomic mass is 10.5. The van der Waals surface area contributed by atoms with E-state index in [0.29, 0.717) is 0 Å². The zero-order valence-electron chi connectivity index (χ0n) is 9.09. The molecule has 0 atom stereocenters. The van der Waals surface area contributed by atoms with Crippen molar-refractivity contribution in [2.75, 3.05) is 0 Å². The highest BCUT2D eigenvalue weighted by Gasteiger charge is 2.01. The van der Waals surface area contributed by atoms with E-state index in [1.165, 1.54) is 0 Å². The van der Waals surface area contributed by atoms with Crippen molar-refractivity contribution in [3.05, 3.63) is 0 Å². The van der Waals surface area contributed by atoms with Gasteiger partial charge >= 0.3 is 12.3 Å². The second-order valence-corrected chi connectivity index (χ2v) is 2.92. The summed E-state index contributed by atoms with van der Waals surface area (Å²) in [4.78, 5) is 28.0. The fraction of sp³-hybridized carbons (Fsp3) is 0.750. The quantitative estimate of drug-likeness (QED) is 0.327. The summed E-state index contributed by atoms with van der Waals surface area (Å²) < 4.78 is 3.08. The van der Waals surface area contributed by atoms with Gasteiger partial charge in [0.1, 0.15) is 0 Å². The van der Waals surface area contributed by atoms with Gasteiger partial charge in [-0.2, -0.15) is 0 Å². The molecule has 2 N–H and O–H groups in total. The van der Waals surface area contributed by atoms with Crippen LogP contribution in [-0.4, -0.2) is 34.7 Å². The normalized spacial score (nSPS) is 9.47. The van der Waals surface area contributed by atoms with Gasteiger partial charge < -0.3 is 14.9 Å². The molecule has 0 aliphatic heterocycles. The molecule has 0 aromatic rings. The van der Waals surface area contributed by atoms with Crippen molar-refractivity contribution in [3.63, 3.8) is 0 Å². The molecule has 0 bridgehead atoms. The standard InChI is InChI=1S/C6H14O2.C2H2O5/c1-5(2)7-8-6(3)4;3-1(4)7-2(5)6/h5-6H,1-4H3;(H,3,4)(H,5,6). The second kappa shape index (κ2) is 9.22. The monoisotopic (exact) mass is 224 g/mol. The Balaban J connectivity index is 0. The highest BCUT2D eigenvalue weighted by atomic mass is 17.2. The molecule has 0 saturated heterocycles. The Morgan fingerprint density at radius 3 is 1.20 bits per heavy atom. The Labute approximate surface area is 87.5 Å². The maximum atomic E-state index is 9.21. The number of ether oxygens (including phenoxy) is 1. The van der Waals surface area contributed by atoms with Crippen LogP contribution >= 0.6 is 0 Å². The largest absolute Gasteiger partial charge is 0.516 e. The number of rotatable bonds is 3. The topological polar surface area (TPSA) is 102 Å². The van der Waals surface area contributed by atoms with Crippen LogP contribution < -0.4 is 0 Å². The van der Waals surface area contributed by atoms with E-state index in [2.05, 4.69) is 4.74 Å². The molecule has 0 fully saturated rings. The van der Waals surface area contributed by atoms with E-state index >= 15 is 0 Å². The summed E-state index contributed by atoms with van der Waals surface area (Å²) in [5, 5.41) is 15.0. The van der Waals surface area contributed by atoms with Crippen LogP contribution in [0.15, 0.2) is 0 Å². The van der Waals surface area contributed by atoms with Crippen molar-refractivity contribution in [2.45, 2.75) is 39.9 Å². The van der Waals surface area contributed by atoms with E-state index in [4.69, 9.17) is 20.0 Å². The molecule has 0 spiro atoms. The second-order valence-electron chi connectivity index (χ2n) is 2.92. The zero-order chi connectivity index (χ0) is 12.4. The van der Waals surface area contributed by atoms with Gasteiger partial charge in [0.05, 0.1) is 12.2 Å². The van der Waals surface area contributed by atoms with Crippen LogP contribution in [0, 0.1) is 0 Å². The van der Waals surface area contributed by atoms with Crippen molar-refractivity contribution in [1.29, 1.82) is 0 Å². The van der Waals surface area contributed by atoms with Crippen molar-refractivity contribution < 1.29 is 34.3 Å². The Morgan fingerprint density at radius 2 is 1.13 bits per heavy atom. The minimum absolute atomic E-state index is 0.164. The van der Waals surface area contributed by atoms with Crippen LogP contribution in [0.4, 0.5) is 9.59 Å². The predicted molar refractivity (Wildman–Crippen MR) is 49.6 cm³/mol. The summed E-state index contributed by atoms with van der Waals surface area (Å²) >= 11 is 0. The van der Waals surface area contributed by atoms with E-state index in [0.717, 1.165) is 0 Å². The SMILES string of the molecule is CC(C)OOC(C)C.O=C(O)OC(=O)O. The Hall–Kier alpha value is -1.34. The average Bonchev–Trinajstić information content (AvgIpc) is 1.99. The van der Waals surface area contributed by atoms with Gasteiger partial charge in [0.2, 0.25) is 0 Å². The minimum Gasteiger partial charge on any atom is -0.449 e. The number of hydrogen-bond acceptors (Lipinski definition) is 5. The molecule has 0 amide bonds. The number of carbonyl (C=O) groups is 2. The third kappa shape index (κ3) is 24.5. The van der Waals surface area contributed by atoms with Gasteiger partial charge in [-0.25, -0.2) is 19.4 Å². The van der Waals surface area contributed by atoms with Gasteiger partial charge in [-0.15, -0.1) is 0 Å². The molecule has 15 heavy (non-hydrogen) atoms. The first-order valence-electron chi connectivity index (χ1n) is 4.21. The van der Waals surface area contributed by atoms with Crippen molar-refractivity contribution in [2.24, 2.45) is 0 Å². The predicted octanol–water partition coefficient (Wildman–Crippen LogP) is 2.11. The third-order valence-electron chi connectivity index (χ3n) is 0.615. The Morgan fingerprint density at radius 1 is 0.867 bits per heavy atom. The summed E-state index contributed by atoms with van der Waals surface area (Å²) in [6, 6.07) is 0. The van der Waals surface area contributed by atoms with Crippen LogP contribution in [0.25, 0.3) is 0 Å². The van der Waals surface area contributed by atoms with Gasteiger partial charge in [0.25, 0.3) is 0 Å². The first kappa shape index (κ1) is 16.1. The van der Waals surface area contributed by atoms with Crippen LogP contribution in [0.2, 0.25) is 0 Å². The molecule has 0 radical (unpaired) electrons. The first-order valence-corrected chi connectivity index (χ1v) is 4.21.